The van der Waals surface area contributed by atoms with E-state index in [1.54, 1.807) is 6.92 Å². The van der Waals surface area contributed by atoms with Crippen LogP contribution in [0.3, 0.4) is 0 Å². The summed E-state index contributed by atoms with van der Waals surface area (Å²) in [5.41, 5.74) is 0. The van der Waals surface area contributed by atoms with E-state index in [0.29, 0.717) is 6.42 Å². The third-order valence-corrected chi connectivity index (χ3v) is 2.69. The topological polar surface area (TPSA) is 67.4 Å². The highest BCUT2D eigenvalue weighted by Crippen LogP contribution is 2.16. The van der Waals surface area contributed by atoms with Crippen LogP contribution in [0.25, 0.3) is 0 Å². The standard InChI is InChI=1S/C11H20N2O3/c1-2-10(14)16-8-12-11(15)13-9-6-4-3-5-7-9/h9H,2-8H2,1H3,(H2,12,13,15). The summed E-state index contributed by atoms with van der Waals surface area (Å²) in [6.07, 6.45) is 6.02. The molecule has 1 fully saturated rings. The molecule has 2 amide bonds. The molecule has 92 valence electrons. The van der Waals surface area contributed by atoms with Crippen LogP contribution in [-0.4, -0.2) is 24.8 Å². The van der Waals surface area contributed by atoms with Crippen molar-refractivity contribution in [3.8, 4) is 0 Å². The lowest BCUT2D eigenvalue weighted by Gasteiger charge is -2.22. The van der Waals surface area contributed by atoms with Crippen molar-refractivity contribution < 1.29 is 14.3 Å². The number of urea groups is 1. The van der Waals surface area contributed by atoms with E-state index in [2.05, 4.69) is 10.6 Å². The Bertz CT molecular complexity index is 237. The molecule has 1 aliphatic carbocycles. The van der Waals surface area contributed by atoms with Gasteiger partial charge in [-0.3, -0.25) is 4.79 Å². The van der Waals surface area contributed by atoms with Crippen LogP contribution in [0, 0.1) is 0 Å². The molecule has 0 saturated heterocycles. The Morgan fingerprint density at radius 3 is 2.56 bits per heavy atom. The summed E-state index contributed by atoms with van der Waals surface area (Å²) in [6, 6.07) is 0.0198. The second-order valence-corrected chi connectivity index (χ2v) is 4.00. The number of hydrogen-bond donors (Lipinski definition) is 2. The summed E-state index contributed by atoms with van der Waals surface area (Å²) in [5, 5.41) is 5.37. The molecule has 0 aliphatic heterocycles. The second kappa shape index (κ2) is 7.09. The molecule has 1 rings (SSSR count). The molecule has 16 heavy (non-hydrogen) atoms. The van der Waals surface area contributed by atoms with Crippen LogP contribution in [0.1, 0.15) is 45.4 Å². The largest absolute Gasteiger partial charge is 0.444 e. The van der Waals surface area contributed by atoms with Crippen molar-refractivity contribution in [2.24, 2.45) is 0 Å². The van der Waals surface area contributed by atoms with Crippen LogP contribution in [0.15, 0.2) is 0 Å². The predicted octanol–water partition coefficient (Wildman–Crippen LogP) is 1.53. The van der Waals surface area contributed by atoms with E-state index in [-0.39, 0.29) is 24.8 Å². The molecule has 2 N–H and O–H groups in total. The van der Waals surface area contributed by atoms with Crippen LogP contribution in [0.5, 0.6) is 0 Å². The fourth-order valence-electron chi connectivity index (χ4n) is 1.77. The molecule has 0 radical (unpaired) electrons. The van der Waals surface area contributed by atoms with E-state index in [1.807, 2.05) is 0 Å². The van der Waals surface area contributed by atoms with Crippen molar-refractivity contribution in [3.05, 3.63) is 0 Å². The zero-order valence-electron chi connectivity index (χ0n) is 9.75. The second-order valence-electron chi connectivity index (χ2n) is 4.00. The van der Waals surface area contributed by atoms with Crippen molar-refractivity contribution in [1.82, 2.24) is 10.6 Å². The highest BCUT2D eigenvalue weighted by Gasteiger charge is 2.15. The average Bonchev–Trinajstić information content (AvgIpc) is 2.30. The average molecular weight is 228 g/mol. The molecule has 1 saturated carbocycles. The lowest BCUT2D eigenvalue weighted by atomic mass is 9.96. The molecule has 0 atom stereocenters. The SMILES string of the molecule is CCC(=O)OCNC(=O)NC1CCCCC1. The Morgan fingerprint density at radius 2 is 1.94 bits per heavy atom. The first-order valence-corrected chi connectivity index (χ1v) is 5.92. The fraction of sp³-hybridized carbons (Fsp3) is 0.818. The van der Waals surface area contributed by atoms with Crippen molar-refractivity contribution in [3.63, 3.8) is 0 Å². The molecular formula is C11H20N2O3. The van der Waals surface area contributed by atoms with E-state index < -0.39 is 0 Å². The van der Waals surface area contributed by atoms with Crippen LogP contribution in [-0.2, 0) is 9.53 Å². The fourth-order valence-corrected chi connectivity index (χ4v) is 1.77. The van der Waals surface area contributed by atoms with Gasteiger partial charge in [0.1, 0.15) is 0 Å². The van der Waals surface area contributed by atoms with Gasteiger partial charge in [-0.1, -0.05) is 26.2 Å². The zero-order chi connectivity index (χ0) is 11.8. The van der Waals surface area contributed by atoms with Gasteiger partial charge in [0.2, 0.25) is 0 Å². The minimum absolute atomic E-state index is 0.0504. The van der Waals surface area contributed by atoms with E-state index in [0.717, 1.165) is 12.8 Å². The first kappa shape index (κ1) is 12.8. The van der Waals surface area contributed by atoms with Gasteiger partial charge in [-0.05, 0) is 12.8 Å². The van der Waals surface area contributed by atoms with Gasteiger partial charge in [0.05, 0.1) is 0 Å². The Hall–Kier alpha value is -1.26. The predicted molar refractivity (Wildman–Crippen MR) is 59.8 cm³/mol. The maximum Gasteiger partial charge on any atom is 0.317 e. The molecule has 5 nitrogen and oxygen atoms in total. The summed E-state index contributed by atoms with van der Waals surface area (Å²) in [5.74, 6) is -0.307. The molecular weight excluding hydrogens is 208 g/mol. The number of hydrogen-bond acceptors (Lipinski definition) is 3. The number of rotatable bonds is 4. The molecule has 5 heteroatoms. The van der Waals surface area contributed by atoms with Crippen molar-refractivity contribution in [2.45, 2.75) is 51.5 Å². The third kappa shape index (κ3) is 5.00. The smallest absolute Gasteiger partial charge is 0.317 e. The van der Waals surface area contributed by atoms with E-state index in [1.165, 1.54) is 19.3 Å². The maximum atomic E-state index is 11.4. The molecule has 0 aromatic heterocycles. The number of nitrogens with one attached hydrogen (secondary N) is 2. The van der Waals surface area contributed by atoms with Crippen LogP contribution in [0.2, 0.25) is 0 Å². The molecule has 1 aliphatic rings. The highest BCUT2D eigenvalue weighted by atomic mass is 16.5. The van der Waals surface area contributed by atoms with Gasteiger partial charge in [-0.25, -0.2) is 4.79 Å². The molecule has 0 spiro atoms. The summed E-state index contributed by atoms with van der Waals surface area (Å²) in [4.78, 5) is 22.2. The first-order valence-electron chi connectivity index (χ1n) is 5.92. The van der Waals surface area contributed by atoms with Crippen LogP contribution in [0.4, 0.5) is 4.79 Å². The Balaban J connectivity index is 2.08. The van der Waals surface area contributed by atoms with Gasteiger partial charge in [0.15, 0.2) is 6.73 Å². The van der Waals surface area contributed by atoms with Crippen LogP contribution < -0.4 is 10.6 Å². The summed E-state index contributed by atoms with van der Waals surface area (Å²) < 4.78 is 4.74. The number of carbonyl (C=O) groups excluding carboxylic acids is 2. The lowest BCUT2D eigenvalue weighted by molar-refractivity contribution is -0.143. The first-order chi connectivity index (χ1) is 7.72. The van der Waals surface area contributed by atoms with Gasteiger partial charge in [0, 0.05) is 12.5 Å². The number of esters is 1. The molecule has 0 bridgehead atoms. The normalized spacial score (nSPS) is 16.6. The lowest BCUT2D eigenvalue weighted by Crippen LogP contribution is -2.43. The van der Waals surface area contributed by atoms with E-state index in [9.17, 15) is 9.59 Å². The van der Waals surface area contributed by atoms with Gasteiger partial charge in [0.25, 0.3) is 0 Å². The van der Waals surface area contributed by atoms with Crippen LogP contribution >= 0.6 is 0 Å². The number of ether oxygens (including phenoxy) is 1. The zero-order valence-corrected chi connectivity index (χ0v) is 9.75. The molecule has 0 unspecified atom stereocenters. The van der Waals surface area contributed by atoms with Gasteiger partial charge in [-0.15, -0.1) is 0 Å². The quantitative estimate of drug-likeness (QED) is 0.566. The van der Waals surface area contributed by atoms with E-state index in [4.69, 9.17) is 4.74 Å². The maximum absolute atomic E-state index is 11.4. The van der Waals surface area contributed by atoms with Crippen molar-refractivity contribution >= 4 is 12.0 Å². The van der Waals surface area contributed by atoms with Crippen molar-refractivity contribution in [2.75, 3.05) is 6.73 Å². The molecule has 0 aromatic carbocycles. The Kier molecular flexibility index (Phi) is 5.67. The van der Waals surface area contributed by atoms with Gasteiger partial charge < -0.3 is 15.4 Å². The minimum Gasteiger partial charge on any atom is -0.444 e. The Labute approximate surface area is 95.9 Å². The third-order valence-electron chi connectivity index (χ3n) is 2.69. The monoisotopic (exact) mass is 228 g/mol. The van der Waals surface area contributed by atoms with Gasteiger partial charge >= 0.3 is 12.0 Å². The number of carbonyl (C=O) groups is 2. The summed E-state index contributed by atoms with van der Waals surface area (Å²) >= 11 is 0. The number of amides is 2. The van der Waals surface area contributed by atoms with E-state index >= 15 is 0 Å². The summed E-state index contributed by atoms with van der Waals surface area (Å²) in [6.45, 7) is 1.66. The van der Waals surface area contributed by atoms with Gasteiger partial charge in [-0.2, -0.15) is 0 Å². The highest BCUT2D eigenvalue weighted by molar-refractivity contribution is 5.74. The molecule has 0 aromatic rings. The minimum atomic E-state index is -0.307. The summed E-state index contributed by atoms with van der Waals surface area (Å²) in [7, 11) is 0. The molecule has 0 heterocycles. The van der Waals surface area contributed by atoms with Crippen molar-refractivity contribution in [1.29, 1.82) is 0 Å². The Morgan fingerprint density at radius 1 is 1.25 bits per heavy atom.